The summed E-state index contributed by atoms with van der Waals surface area (Å²) < 4.78 is 5.78. The van der Waals surface area contributed by atoms with Crippen LogP contribution in [-0.2, 0) is 4.74 Å². The molecule has 3 atom stereocenters. The van der Waals surface area contributed by atoms with Crippen LogP contribution in [0.25, 0.3) is 0 Å². The molecule has 13 heavy (non-hydrogen) atoms. The number of rotatable bonds is 7. The van der Waals surface area contributed by atoms with Crippen molar-refractivity contribution in [3.05, 3.63) is 0 Å². The Labute approximate surface area is 86.6 Å². The molecule has 1 rings (SSSR count). The molecule has 1 aliphatic rings. The van der Waals surface area contributed by atoms with Gasteiger partial charge in [0.1, 0.15) is 5.44 Å². The van der Waals surface area contributed by atoms with Gasteiger partial charge in [-0.2, -0.15) is 0 Å². The predicted molar refractivity (Wildman–Crippen MR) is 60.1 cm³/mol. The maximum atomic E-state index is 5.78. The Morgan fingerprint density at radius 2 is 2.08 bits per heavy atom. The first-order chi connectivity index (χ1) is 6.27. The maximum Gasteiger partial charge on any atom is 0.115 e. The molecule has 0 N–H and O–H groups in total. The Morgan fingerprint density at radius 3 is 2.54 bits per heavy atom. The zero-order valence-corrected chi connectivity index (χ0v) is 9.90. The molecule has 2 heteroatoms. The van der Waals surface area contributed by atoms with E-state index in [1.165, 1.54) is 25.7 Å². The van der Waals surface area contributed by atoms with Crippen molar-refractivity contribution in [2.45, 2.75) is 57.1 Å². The molecule has 0 aromatic rings. The van der Waals surface area contributed by atoms with Crippen LogP contribution in [0.2, 0.25) is 0 Å². The molecule has 0 radical (unpaired) electrons. The molecule has 1 saturated heterocycles. The number of hydrogen-bond donors (Lipinski definition) is 0. The molecule has 1 aliphatic heterocycles. The fraction of sp³-hybridized carbons (Fsp3) is 1.00. The highest BCUT2D eigenvalue weighted by molar-refractivity contribution is 8.07. The monoisotopic (exact) mass is 202 g/mol. The first kappa shape index (κ1) is 11.4. The summed E-state index contributed by atoms with van der Waals surface area (Å²) in [5, 5.41) is 0.753. The Kier molecular flexibility index (Phi) is 5.18. The lowest BCUT2D eigenvalue weighted by molar-refractivity contribution is 0.0928. The molecule has 3 unspecified atom stereocenters. The van der Waals surface area contributed by atoms with Crippen LogP contribution >= 0.6 is 11.8 Å². The van der Waals surface area contributed by atoms with Crippen LogP contribution in [0.3, 0.4) is 0 Å². The summed E-state index contributed by atoms with van der Waals surface area (Å²) in [6, 6.07) is 0. The highest BCUT2D eigenvalue weighted by atomic mass is 32.2. The number of hydrogen-bond acceptors (Lipinski definition) is 2. The van der Waals surface area contributed by atoms with Gasteiger partial charge in [0.15, 0.2) is 0 Å². The van der Waals surface area contributed by atoms with Crippen LogP contribution in [0.15, 0.2) is 0 Å². The zero-order chi connectivity index (χ0) is 9.68. The zero-order valence-electron chi connectivity index (χ0n) is 9.08. The molecule has 1 fully saturated rings. The van der Waals surface area contributed by atoms with Crippen molar-refractivity contribution in [1.82, 2.24) is 0 Å². The first-order valence-corrected chi connectivity index (χ1v) is 6.49. The minimum atomic E-state index is 0.524. The quantitative estimate of drug-likeness (QED) is 0.582. The average molecular weight is 202 g/mol. The van der Waals surface area contributed by atoms with Crippen LogP contribution < -0.4 is 0 Å². The molecule has 78 valence electrons. The van der Waals surface area contributed by atoms with E-state index in [1.807, 2.05) is 11.8 Å². The number of thioether (sulfide) groups is 1. The summed E-state index contributed by atoms with van der Waals surface area (Å²) in [5.74, 6) is 0.799. The molecule has 0 aliphatic carbocycles. The van der Waals surface area contributed by atoms with Crippen molar-refractivity contribution in [3.63, 3.8) is 0 Å². The van der Waals surface area contributed by atoms with Gasteiger partial charge >= 0.3 is 0 Å². The summed E-state index contributed by atoms with van der Waals surface area (Å²) in [4.78, 5) is 0. The molecule has 0 saturated carbocycles. The summed E-state index contributed by atoms with van der Waals surface area (Å²) in [6.45, 7) is 7.75. The smallest absolute Gasteiger partial charge is 0.115 e. The van der Waals surface area contributed by atoms with E-state index in [9.17, 15) is 0 Å². The van der Waals surface area contributed by atoms with Crippen LogP contribution in [0.1, 0.15) is 46.5 Å². The lowest BCUT2D eigenvalue weighted by Gasteiger charge is -2.13. The van der Waals surface area contributed by atoms with E-state index < -0.39 is 0 Å². The summed E-state index contributed by atoms with van der Waals surface area (Å²) >= 11 is 1.95. The van der Waals surface area contributed by atoms with Gasteiger partial charge in [0.2, 0.25) is 0 Å². The number of ether oxygens (including phenoxy) is 1. The summed E-state index contributed by atoms with van der Waals surface area (Å²) in [6.07, 6.45) is 5.28. The Bertz CT molecular complexity index is 138. The third kappa shape index (κ3) is 4.37. The van der Waals surface area contributed by atoms with Gasteiger partial charge in [-0.3, -0.25) is 0 Å². The van der Waals surface area contributed by atoms with E-state index in [-0.39, 0.29) is 0 Å². The van der Waals surface area contributed by atoms with Crippen LogP contribution in [0, 0.1) is 5.92 Å². The van der Waals surface area contributed by atoms with Gasteiger partial charge in [-0.15, -0.1) is 11.8 Å². The second-order valence-corrected chi connectivity index (χ2v) is 5.44. The molecule has 1 nitrogen and oxygen atoms in total. The third-order valence-corrected chi connectivity index (χ3v) is 3.87. The minimum Gasteiger partial charge on any atom is -0.366 e. The van der Waals surface area contributed by atoms with Gasteiger partial charge in [0.05, 0.1) is 6.61 Å². The minimum absolute atomic E-state index is 0.524. The normalized spacial score (nSPS) is 28.8. The molecular formula is C11H22OS. The van der Waals surface area contributed by atoms with Crippen molar-refractivity contribution in [2.75, 3.05) is 6.61 Å². The van der Waals surface area contributed by atoms with Crippen molar-refractivity contribution >= 4 is 11.8 Å². The first-order valence-electron chi connectivity index (χ1n) is 5.55. The maximum absolute atomic E-state index is 5.78. The second-order valence-electron chi connectivity index (χ2n) is 3.96. The van der Waals surface area contributed by atoms with Gasteiger partial charge in [0, 0.05) is 5.25 Å². The Balaban J connectivity index is 2.01. The lowest BCUT2D eigenvalue weighted by Crippen LogP contribution is -2.10. The van der Waals surface area contributed by atoms with Crippen molar-refractivity contribution < 1.29 is 4.74 Å². The highest BCUT2D eigenvalue weighted by Crippen LogP contribution is 2.41. The molecule has 1 heterocycles. The van der Waals surface area contributed by atoms with Crippen LogP contribution in [0.4, 0.5) is 0 Å². The molecule has 0 spiro atoms. The molecular weight excluding hydrogens is 180 g/mol. The van der Waals surface area contributed by atoms with Crippen molar-refractivity contribution in [2.24, 2.45) is 5.92 Å². The standard InChI is InChI=1S/C11H22OS/c1-4-6-7-10(5-2)8-12-11-9(3)13-11/h9-11H,4-8H2,1-3H3. The van der Waals surface area contributed by atoms with Crippen LogP contribution in [0.5, 0.6) is 0 Å². The molecule has 0 aromatic carbocycles. The van der Waals surface area contributed by atoms with E-state index in [0.717, 1.165) is 17.8 Å². The molecule has 0 amide bonds. The van der Waals surface area contributed by atoms with E-state index in [1.54, 1.807) is 0 Å². The van der Waals surface area contributed by atoms with Gasteiger partial charge in [-0.1, -0.05) is 33.1 Å². The van der Waals surface area contributed by atoms with Gasteiger partial charge in [-0.05, 0) is 19.3 Å². The molecule has 0 bridgehead atoms. The lowest BCUT2D eigenvalue weighted by atomic mass is 10.0. The van der Waals surface area contributed by atoms with Gasteiger partial charge in [0.25, 0.3) is 0 Å². The van der Waals surface area contributed by atoms with Crippen LogP contribution in [-0.4, -0.2) is 17.3 Å². The van der Waals surface area contributed by atoms with Crippen molar-refractivity contribution in [3.8, 4) is 0 Å². The van der Waals surface area contributed by atoms with Gasteiger partial charge < -0.3 is 4.74 Å². The second kappa shape index (κ2) is 5.92. The van der Waals surface area contributed by atoms with Gasteiger partial charge in [-0.25, -0.2) is 0 Å². The van der Waals surface area contributed by atoms with E-state index in [0.29, 0.717) is 5.44 Å². The largest absolute Gasteiger partial charge is 0.366 e. The Hall–Kier alpha value is 0.310. The fourth-order valence-electron chi connectivity index (χ4n) is 1.47. The Morgan fingerprint density at radius 1 is 1.38 bits per heavy atom. The summed E-state index contributed by atoms with van der Waals surface area (Å²) in [5.41, 5.74) is 0.524. The average Bonchev–Trinajstić information content (AvgIpc) is 2.83. The third-order valence-electron chi connectivity index (χ3n) is 2.69. The van der Waals surface area contributed by atoms with E-state index >= 15 is 0 Å². The SMILES string of the molecule is CCCCC(CC)COC1SC1C. The topological polar surface area (TPSA) is 9.23 Å². The highest BCUT2D eigenvalue weighted by Gasteiger charge is 2.35. The van der Waals surface area contributed by atoms with Crippen molar-refractivity contribution in [1.29, 1.82) is 0 Å². The molecule has 0 aromatic heterocycles. The fourth-order valence-corrected chi connectivity index (χ4v) is 2.04. The predicted octanol–water partition coefficient (Wildman–Crippen LogP) is 3.68. The van der Waals surface area contributed by atoms with E-state index in [2.05, 4.69) is 20.8 Å². The van der Waals surface area contributed by atoms with E-state index in [4.69, 9.17) is 4.74 Å². The summed E-state index contributed by atoms with van der Waals surface area (Å²) in [7, 11) is 0. The number of unbranched alkanes of at least 4 members (excludes halogenated alkanes) is 1.